The van der Waals surface area contributed by atoms with Crippen molar-refractivity contribution in [2.45, 2.75) is 19.9 Å². The van der Waals surface area contributed by atoms with Gasteiger partial charge >= 0.3 is 0 Å². The van der Waals surface area contributed by atoms with Crippen LogP contribution in [0.2, 0.25) is 0 Å². The molecule has 1 heterocycles. The van der Waals surface area contributed by atoms with Gasteiger partial charge in [0.1, 0.15) is 0 Å². The highest BCUT2D eigenvalue weighted by atomic mass is 127. The number of nitrogens with zero attached hydrogens (tertiary/aromatic N) is 1. The zero-order valence-electron chi connectivity index (χ0n) is 16.7. The fraction of sp³-hybridized carbons (Fsp3) is 0.333. The second-order valence-electron chi connectivity index (χ2n) is 6.34. The Kier molecular flexibility index (Phi) is 9.04. The molecule has 0 radical (unpaired) electrons. The zero-order valence-corrected chi connectivity index (χ0v) is 19.0. The number of carbonyl (C=O) groups excluding carboxylic acids is 1. The average Bonchev–Trinajstić information content (AvgIpc) is 3.19. The summed E-state index contributed by atoms with van der Waals surface area (Å²) in [5, 5.41) is 9.23. The van der Waals surface area contributed by atoms with E-state index in [1.54, 1.807) is 7.05 Å². The van der Waals surface area contributed by atoms with Gasteiger partial charge < -0.3 is 25.4 Å². The van der Waals surface area contributed by atoms with Crippen molar-refractivity contribution in [1.29, 1.82) is 0 Å². The Morgan fingerprint density at radius 1 is 1.07 bits per heavy atom. The molecule has 0 fully saturated rings. The molecule has 0 bridgehead atoms. The summed E-state index contributed by atoms with van der Waals surface area (Å²) in [5.41, 5.74) is 2.82. The summed E-state index contributed by atoms with van der Waals surface area (Å²) in [7, 11) is 1.63. The number of guanidine groups is 1. The van der Waals surface area contributed by atoms with Crippen LogP contribution >= 0.6 is 24.0 Å². The minimum absolute atomic E-state index is 0. The van der Waals surface area contributed by atoms with Crippen LogP contribution in [0.25, 0.3) is 0 Å². The Hall–Kier alpha value is -2.49. The quantitative estimate of drug-likeness (QED) is 0.303. The normalized spacial score (nSPS) is 12.1. The fourth-order valence-corrected chi connectivity index (χ4v) is 2.89. The monoisotopic (exact) mass is 510 g/mol. The molecule has 7 nitrogen and oxygen atoms in total. The van der Waals surface area contributed by atoms with Gasteiger partial charge in [0.2, 0.25) is 6.79 Å². The number of rotatable bonds is 7. The summed E-state index contributed by atoms with van der Waals surface area (Å²) < 4.78 is 10.7. The van der Waals surface area contributed by atoms with Crippen molar-refractivity contribution in [3.05, 3.63) is 59.2 Å². The van der Waals surface area contributed by atoms with E-state index >= 15 is 0 Å². The van der Waals surface area contributed by atoms with E-state index in [9.17, 15) is 4.79 Å². The number of aliphatic imine (C=N–C) groups is 1. The highest BCUT2D eigenvalue weighted by Crippen LogP contribution is 2.32. The molecule has 0 saturated carbocycles. The fourth-order valence-electron chi connectivity index (χ4n) is 2.89. The molecule has 2 aromatic carbocycles. The topological polar surface area (TPSA) is 84.0 Å². The molecule has 0 saturated heterocycles. The summed E-state index contributed by atoms with van der Waals surface area (Å²) in [5.74, 6) is 2.22. The molecule has 0 atom stereocenters. The molecule has 1 aliphatic heterocycles. The lowest BCUT2D eigenvalue weighted by atomic mass is 10.1. The minimum atomic E-state index is -0.0755. The van der Waals surface area contributed by atoms with Crippen molar-refractivity contribution in [3.63, 3.8) is 0 Å². The number of benzene rings is 2. The van der Waals surface area contributed by atoms with Crippen LogP contribution in [-0.2, 0) is 13.0 Å². The molecule has 0 aliphatic carbocycles. The van der Waals surface area contributed by atoms with Gasteiger partial charge in [0.25, 0.3) is 5.91 Å². The molecular weight excluding hydrogens is 483 g/mol. The third kappa shape index (κ3) is 6.52. The zero-order chi connectivity index (χ0) is 19.8. The predicted molar refractivity (Wildman–Crippen MR) is 124 cm³/mol. The largest absolute Gasteiger partial charge is 0.454 e. The number of amides is 1. The van der Waals surface area contributed by atoms with Crippen LogP contribution in [0.15, 0.2) is 47.5 Å². The van der Waals surface area contributed by atoms with Gasteiger partial charge in [0.05, 0.1) is 6.54 Å². The smallest absolute Gasteiger partial charge is 0.251 e. The van der Waals surface area contributed by atoms with E-state index in [-0.39, 0.29) is 36.7 Å². The molecule has 3 rings (SSSR count). The van der Waals surface area contributed by atoms with Crippen molar-refractivity contribution in [2.24, 2.45) is 4.99 Å². The molecule has 0 unspecified atom stereocenters. The number of nitrogens with one attached hydrogen (secondary N) is 3. The third-order valence-electron chi connectivity index (χ3n) is 4.32. The average molecular weight is 510 g/mol. The van der Waals surface area contributed by atoms with Crippen molar-refractivity contribution >= 4 is 35.8 Å². The van der Waals surface area contributed by atoms with Gasteiger partial charge in [0.15, 0.2) is 17.5 Å². The number of ether oxygens (including phenoxy) is 2. The van der Waals surface area contributed by atoms with Gasteiger partial charge in [-0.25, -0.2) is 4.99 Å². The molecule has 0 spiro atoms. The van der Waals surface area contributed by atoms with Gasteiger partial charge in [0, 0.05) is 25.7 Å². The van der Waals surface area contributed by atoms with Crippen molar-refractivity contribution in [3.8, 4) is 11.5 Å². The summed E-state index contributed by atoms with van der Waals surface area (Å²) >= 11 is 0. The Bertz CT molecular complexity index is 858. The van der Waals surface area contributed by atoms with E-state index in [0.717, 1.165) is 41.6 Å². The lowest BCUT2D eigenvalue weighted by molar-refractivity contribution is 0.0963. The van der Waals surface area contributed by atoms with Crippen LogP contribution in [0.5, 0.6) is 11.5 Å². The van der Waals surface area contributed by atoms with E-state index < -0.39 is 0 Å². The van der Waals surface area contributed by atoms with E-state index in [2.05, 4.69) is 20.9 Å². The third-order valence-corrected chi connectivity index (χ3v) is 4.32. The van der Waals surface area contributed by atoms with Crippen LogP contribution in [0.1, 0.15) is 28.4 Å². The van der Waals surface area contributed by atoms with Crippen LogP contribution in [0.3, 0.4) is 0 Å². The second kappa shape index (κ2) is 11.5. The predicted octanol–water partition coefficient (Wildman–Crippen LogP) is 2.69. The van der Waals surface area contributed by atoms with Gasteiger partial charge in [-0.05, 0) is 48.7 Å². The first-order valence-electron chi connectivity index (χ1n) is 9.41. The first-order valence-corrected chi connectivity index (χ1v) is 9.41. The Morgan fingerprint density at radius 2 is 1.90 bits per heavy atom. The van der Waals surface area contributed by atoms with Crippen LogP contribution in [0, 0.1) is 0 Å². The van der Waals surface area contributed by atoms with E-state index in [1.165, 1.54) is 0 Å². The lowest BCUT2D eigenvalue weighted by Gasteiger charge is -2.12. The van der Waals surface area contributed by atoms with Gasteiger partial charge in [-0.2, -0.15) is 0 Å². The molecule has 3 N–H and O–H groups in total. The maximum Gasteiger partial charge on any atom is 0.251 e. The molecule has 1 amide bonds. The Labute approximate surface area is 188 Å². The summed E-state index contributed by atoms with van der Waals surface area (Å²) in [4.78, 5) is 16.4. The van der Waals surface area contributed by atoms with Gasteiger partial charge in [-0.15, -0.1) is 24.0 Å². The van der Waals surface area contributed by atoms with E-state index in [4.69, 9.17) is 9.47 Å². The molecule has 29 heavy (non-hydrogen) atoms. The lowest BCUT2D eigenvalue weighted by Crippen LogP contribution is -2.38. The van der Waals surface area contributed by atoms with Crippen molar-refractivity contribution < 1.29 is 14.3 Å². The number of hydrogen-bond acceptors (Lipinski definition) is 4. The number of halogens is 1. The van der Waals surface area contributed by atoms with Gasteiger partial charge in [-0.3, -0.25) is 4.79 Å². The highest BCUT2D eigenvalue weighted by Gasteiger charge is 2.13. The van der Waals surface area contributed by atoms with E-state index in [1.807, 2.05) is 49.4 Å². The second-order valence-corrected chi connectivity index (χ2v) is 6.34. The number of carbonyl (C=O) groups is 1. The summed E-state index contributed by atoms with van der Waals surface area (Å²) in [6.07, 6.45) is 0.791. The summed E-state index contributed by atoms with van der Waals surface area (Å²) in [6.45, 7) is 4.33. The maximum absolute atomic E-state index is 11.8. The minimum Gasteiger partial charge on any atom is -0.454 e. The molecule has 2 aromatic rings. The number of hydrogen-bond donors (Lipinski definition) is 3. The SMILES string of the molecule is CCNC(=NCc1ccc2c(c1)OCO2)NCCc1cccc(C(=O)NC)c1.I. The van der Waals surface area contributed by atoms with Crippen molar-refractivity contribution in [2.75, 3.05) is 26.9 Å². The van der Waals surface area contributed by atoms with Gasteiger partial charge in [-0.1, -0.05) is 18.2 Å². The van der Waals surface area contributed by atoms with Crippen molar-refractivity contribution in [1.82, 2.24) is 16.0 Å². The first kappa shape index (κ1) is 22.8. The molecular formula is C21H27IN4O3. The van der Waals surface area contributed by atoms with Crippen LogP contribution in [0.4, 0.5) is 0 Å². The Balaban J connectivity index is 0.00000300. The highest BCUT2D eigenvalue weighted by molar-refractivity contribution is 14.0. The molecule has 156 valence electrons. The van der Waals surface area contributed by atoms with Crippen LogP contribution < -0.4 is 25.4 Å². The summed E-state index contributed by atoms with van der Waals surface area (Å²) in [6, 6.07) is 13.5. The standard InChI is InChI=1S/C21H26N4O3.HI/c1-3-23-21(25-13-16-7-8-18-19(12-16)28-14-27-18)24-10-9-15-5-4-6-17(11-15)20(26)22-2;/h4-8,11-12H,3,9-10,13-14H2,1-2H3,(H,22,26)(H2,23,24,25);1H. The van der Waals surface area contributed by atoms with Crippen LogP contribution in [-0.4, -0.2) is 38.8 Å². The maximum atomic E-state index is 11.8. The molecule has 8 heteroatoms. The first-order chi connectivity index (χ1) is 13.7. The van der Waals surface area contributed by atoms with E-state index in [0.29, 0.717) is 18.7 Å². The Morgan fingerprint density at radius 3 is 2.69 bits per heavy atom. The number of fused-ring (bicyclic) bond motifs is 1. The molecule has 1 aliphatic rings. The molecule has 0 aromatic heterocycles.